The molecule has 0 saturated carbocycles. The van der Waals surface area contributed by atoms with Gasteiger partial charge in [-0.25, -0.2) is 0 Å². The molecule has 0 aromatic heterocycles. The number of hydrogen-bond donors (Lipinski definition) is 0. The van der Waals surface area contributed by atoms with Gasteiger partial charge in [0.2, 0.25) is 0 Å². The normalized spacial score (nSPS) is 13.1. The molecule has 0 rings (SSSR count). The van der Waals surface area contributed by atoms with E-state index in [1.165, 1.54) is 4.91 Å². The molecule has 0 aromatic rings. The Morgan fingerprint density at radius 2 is 0.692 bits per heavy atom. The molecular weight excluding hydrogens is 613 g/mol. The second kappa shape index (κ2) is 10.3. The molecule has 0 atom stereocenters. The van der Waals surface area contributed by atoms with Crippen molar-refractivity contribution in [3.63, 3.8) is 0 Å². The molecule has 0 heterocycles. The van der Waals surface area contributed by atoms with Crippen LogP contribution < -0.4 is 207 Å². The molecule has 0 bridgehead atoms. The Balaban J connectivity index is -0.0000000320. The third kappa shape index (κ3) is 138. The average Bonchev–Trinajstić information content (AvgIpc) is 1.20. The van der Waals surface area contributed by atoms with Gasteiger partial charge in [-0.05, 0) is 0 Å². The van der Waals surface area contributed by atoms with Gasteiger partial charge in [0.05, 0.1) is 0 Å². The van der Waals surface area contributed by atoms with Crippen LogP contribution >= 0.6 is 0 Å². The molecule has 0 fully saturated rings. The van der Waals surface area contributed by atoms with Crippen molar-refractivity contribution in [1.82, 2.24) is 0 Å². The van der Waals surface area contributed by atoms with Crippen LogP contribution in [0.25, 0.3) is 16.0 Å². The molecule has 3 nitrogen and oxygen atoms in total. The SMILES string of the molecule is [Cs+].[Cs+].[Cs+].[F][Ni-3]([F])([F])([F])([F])[F].[N-]=[N+]=[N-]. The van der Waals surface area contributed by atoms with Crippen LogP contribution in [0.4, 0.5) is 21.6 Å². The Morgan fingerprint density at radius 3 is 0.692 bits per heavy atom. The van der Waals surface area contributed by atoms with E-state index in [4.69, 9.17) is 11.1 Å². The Kier molecular flexibility index (Phi) is 24.7. The van der Waals surface area contributed by atoms with Crippen LogP contribution in [0.5, 0.6) is 0 Å². The molecule has 0 spiro atoms. The fraction of sp³-hybridized carbons (Fsp3) is 0. The van der Waals surface area contributed by atoms with Crippen molar-refractivity contribution in [2.45, 2.75) is 0 Å². The maximum Gasteiger partial charge on any atom is -0.255 e. The summed E-state index contributed by atoms with van der Waals surface area (Å²) in [6.45, 7) is 0. The van der Waals surface area contributed by atoms with Crippen LogP contribution in [0.2, 0.25) is 0 Å². The summed E-state index contributed by atoms with van der Waals surface area (Å²) in [5.74, 6) is 0. The molecule has 0 saturated heterocycles. The van der Waals surface area contributed by atoms with Crippen molar-refractivity contribution in [2.24, 2.45) is 0 Å². The minimum absolute atomic E-state index is 0. The van der Waals surface area contributed by atoms with Gasteiger partial charge in [0.25, 0.3) is 0 Å². The summed E-state index contributed by atoms with van der Waals surface area (Å²) in [6, 6.07) is 0. The molecule has 13 heteroatoms. The summed E-state index contributed by atoms with van der Waals surface area (Å²) in [5.41, 5.74) is 13.5. The number of nitrogens with zero attached hydrogens (tertiary/aromatic N) is 3. The van der Waals surface area contributed by atoms with Gasteiger partial charge in [-0.1, -0.05) is 0 Å². The first kappa shape index (κ1) is 31.1. The zero-order chi connectivity index (χ0) is 9.12. The van der Waals surface area contributed by atoms with E-state index in [0.29, 0.717) is 0 Å². The molecule has 0 aliphatic carbocycles. The van der Waals surface area contributed by atoms with E-state index in [1.54, 1.807) is 0 Å². The molecule has 13 heavy (non-hydrogen) atoms. The van der Waals surface area contributed by atoms with Crippen LogP contribution in [0, 0.1) is 0 Å². The van der Waals surface area contributed by atoms with E-state index >= 15 is 0 Å². The summed E-state index contributed by atoms with van der Waals surface area (Å²) in [5, 5.41) is 0. The summed E-state index contributed by atoms with van der Waals surface area (Å²) >= 11 is -10.5. The first-order valence-corrected chi connectivity index (χ1v) is 3.36. The molecule has 0 aromatic carbocycles. The Hall–Kier alpha value is 5.54. The average molecular weight is 613 g/mol. The van der Waals surface area contributed by atoms with Gasteiger partial charge < -0.3 is 11.1 Å². The number of rotatable bonds is 0. The Bertz CT molecular complexity index is 139. The zero-order valence-corrected chi connectivity index (χ0v) is 26.8. The van der Waals surface area contributed by atoms with Crippen molar-refractivity contribution in [2.75, 3.05) is 0 Å². The third-order valence-corrected chi connectivity index (χ3v) is 0. The first-order chi connectivity index (χ1) is 3.86. The van der Waals surface area contributed by atoms with Crippen molar-refractivity contribution in [1.29, 1.82) is 0 Å². The second-order valence-electron chi connectivity index (χ2n) is 0.767. The topological polar surface area (TPSA) is 58.7 Å². The van der Waals surface area contributed by atoms with Gasteiger partial charge >= 0.3 is 241 Å². The van der Waals surface area contributed by atoms with Crippen molar-refractivity contribution in [3.05, 3.63) is 16.0 Å². The zero-order valence-electron chi connectivity index (χ0n) is 6.93. The molecule has 0 aliphatic heterocycles. The van der Waals surface area contributed by atoms with Gasteiger partial charge in [-0.2, -0.15) is 0 Å². The summed E-state index contributed by atoms with van der Waals surface area (Å²) in [7, 11) is 0. The molecule has 0 amide bonds. The fourth-order valence-corrected chi connectivity index (χ4v) is 0. The van der Waals surface area contributed by atoms with Gasteiger partial charge in [0, 0.05) is 0 Å². The molecule has 0 unspecified atom stereocenters. The van der Waals surface area contributed by atoms with E-state index < -0.39 is 13.0 Å². The molecule has 71 valence electrons. The minimum Gasteiger partial charge on any atom is -0.373 e. The van der Waals surface area contributed by atoms with E-state index in [-0.39, 0.29) is 207 Å². The maximum atomic E-state index is 9.85. The van der Waals surface area contributed by atoms with Crippen LogP contribution in [-0.4, -0.2) is 0 Å². The Morgan fingerprint density at radius 1 is 0.692 bits per heavy atom. The van der Waals surface area contributed by atoms with Crippen LogP contribution in [0.3, 0.4) is 0 Å². The van der Waals surface area contributed by atoms with Gasteiger partial charge in [0.15, 0.2) is 0 Å². The monoisotopic (exact) mass is 613 g/mol. The smallest absolute Gasteiger partial charge is 0.255 e. The van der Waals surface area contributed by atoms with Crippen LogP contribution in [0.1, 0.15) is 0 Å². The predicted octanol–water partition coefficient (Wildman–Crippen LogP) is -5.60. The first-order valence-electron chi connectivity index (χ1n) is 1.12. The minimum atomic E-state index is -10.5. The second-order valence-corrected chi connectivity index (χ2v) is 2.88. The summed E-state index contributed by atoms with van der Waals surface area (Å²) in [4.78, 5) is 1.50. The van der Waals surface area contributed by atoms with E-state index in [9.17, 15) is 21.6 Å². The summed E-state index contributed by atoms with van der Waals surface area (Å²) in [6.07, 6.45) is 0. The molecule has 0 radical (unpaired) electrons. The summed E-state index contributed by atoms with van der Waals surface area (Å²) < 4.78 is 59.1. The predicted molar refractivity (Wildman–Crippen MR) is 16.7 cm³/mol. The Labute approximate surface area is 248 Å². The molecule has 0 N–H and O–H groups in total. The maximum absolute atomic E-state index is 10.5. The van der Waals surface area contributed by atoms with E-state index in [0.717, 1.165) is 0 Å². The van der Waals surface area contributed by atoms with Crippen molar-refractivity contribution < 1.29 is 241 Å². The van der Waals surface area contributed by atoms with E-state index in [1.807, 2.05) is 0 Å². The van der Waals surface area contributed by atoms with Gasteiger partial charge in [-0.3, -0.25) is 4.91 Å². The van der Waals surface area contributed by atoms with Crippen LogP contribution in [0.15, 0.2) is 0 Å². The number of hydrogen-bond acceptors (Lipinski definition) is 0. The molecule has 0 aliphatic rings. The van der Waals surface area contributed by atoms with Gasteiger partial charge in [-0.15, -0.1) is 0 Å². The van der Waals surface area contributed by atoms with E-state index in [2.05, 4.69) is 0 Å². The quantitative estimate of drug-likeness (QED) is 0.0862. The largest absolute Gasteiger partial charge is 0.373 e. The van der Waals surface area contributed by atoms with Crippen molar-refractivity contribution in [3.8, 4) is 0 Å². The van der Waals surface area contributed by atoms with Crippen LogP contribution in [-0.2, 0) is 13.0 Å². The molecular formula is Cs3F6N3Ni-. The fourth-order valence-electron chi connectivity index (χ4n) is 0. The van der Waals surface area contributed by atoms with Crippen molar-refractivity contribution >= 4 is 0 Å². The van der Waals surface area contributed by atoms with Gasteiger partial charge in [0.1, 0.15) is 0 Å². The number of halogens is 6. The third-order valence-electron chi connectivity index (χ3n) is 0. The standard InChI is InChI=1S/3Cs.6FH.N3.Ni/c;;;;;;;;;1-3-2;/h;;;6*1H;;/q3*+1;;;;;;;-1;+3/p-6.